The quantitative estimate of drug-likeness (QED) is 0.830. The zero-order valence-corrected chi connectivity index (χ0v) is 10.6. The summed E-state index contributed by atoms with van der Waals surface area (Å²) in [6, 6.07) is 1.89. The number of hydrogen-bond donors (Lipinski definition) is 2. The van der Waals surface area contributed by atoms with Crippen LogP contribution in [0.1, 0.15) is 19.3 Å². The van der Waals surface area contributed by atoms with Crippen LogP contribution in [0.3, 0.4) is 0 Å². The van der Waals surface area contributed by atoms with E-state index >= 15 is 0 Å². The molecule has 2 rings (SSSR count). The molecule has 6 heteroatoms. The molecule has 1 atom stereocenters. The monoisotopic (exact) mass is 258 g/mol. The smallest absolute Gasteiger partial charge is 0.237 e. The van der Waals surface area contributed by atoms with Crippen molar-refractivity contribution in [3.05, 3.63) is 18.5 Å². The summed E-state index contributed by atoms with van der Waals surface area (Å²) in [7, 11) is 0. The maximum atomic E-state index is 11.7. The molecule has 5 nitrogen and oxygen atoms in total. The van der Waals surface area contributed by atoms with Crippen LogP contribution in [-0.4, -0.2) is 34.8 Å². The Bertz CT molecular complexity index is 322. The van der Waals surface area contributed by atoms with E-state index in [0.29, 0.717) is 6.54 Å². The average Bonchev–Trinajstić information content (AvgIpc) is 2.83. The first-order valence-corrected chi connectivity index (χ1v) is 5.85. The lowest BCUT2D eigenvalue weighted by Crippen LogP contribution is -2.47. The number of carbonyl (C=O) groups is 1. The third-order valence-electron chi connectivity index (χ3n) is 2.83. The molecule has 2 heterocycles. The molecule has 1 aromatic heterocycles. The molecule has 1 unspecified atom stereocenters. The van der Waals surface area contributed by atoms with Crippen LogP contribution in [0, 0.1) is 0 Å². The Balaban J connectivity index is 0.00000144. The molecule has 1 aromatic rings. The van der Waals surface area contributed by atoms with Crippen molar-refractivity contribution in [2.75, 3.05) is 13.1 Å². The van der Waals surface area contributed by atoms with Crippen LogP contribution in [0.25, 0.3) is 0 Å². The lowest BCUT2D eigenvalue weighted by atomic mass is 10.0. The minimum Gasteiger partial charge on any atom is -0.353 e. The van der Waals surface area contributed by atoms with E-state index in [9.17, 15) is 4.79 Å². The summed E-state index contributed by atoms with van der Waals surface area (Å²) in [5.74, 6) is 0.117. The van der Waals surface area contributed by atoms with Crippen molar-refractivity contribution in [3.63, 3.8) is 0 Å². The standard InChI is InChI=1S/C11H18N4O.ClH/c16-11(10-4-1-2-5-12-10)13-7-9-15-8-3-6-14-15;/h3,6,8,10,12H,1-2,4-5,7,9H2,(H,13,16);1H. The number of rotatable bonds is 4. The highest BCUT2D eigenvalue weighted by Gasteiger charge is 2.19. The molecular formula is C11H19ClN4O. The van der Waals surface area contributed by atoms with E-state index < -0.39 is 0 Å². The molecule has 0 spiro atoms. The van der Waals surface area contributed by atoms with Gasteiger partial charge in [-0.15, -0.1) is 12.4 Å². The summed E-state index contributed by atoms with van der Waals surface area (Å²) in [5.41, 5.74) is 0. The molecular weight excluding hydrogens is 240 g/mol. The van der Waals surface area contributed by atoms with Crippen molar-refractivity contribution in [2.45, 2.75) is 31.8 Å². The molecule has 17 heavy (non-hydrogen) atoms. The third kappa shape index (κ3) is 4.36. The van der Waals surface area contributed by atoms with Gasteiger partial charge in [-0.3, -0.25) is 9.48 Å². The largest absolute Gasteiger partial charge is 0.353 e. The number of nitrogens with zero attached hydrogens (tertiary/aromatic N) is 2. The van der Waals surface area contributed by atoms with E-state index in [2.05, 4.69) is 15.7 Å². The second-order valence-electron chi connectivity index (χ2n) is 4.06. The van der Waals surface area contributed by atoms with Crippen molar-refractivity contribution in [2.24, 2.45) is 0 Å². The second-order valence-corrected chi connectivity index (χ2v) is 4.06. The first-order chi connectivity index (χ1) is 7.86. The van der Waals surface area contributed by atoms with Gasteiger partial charge in [0, 0.05) is 18.9 Å². The fourth-order valence-corrected chi connectivity index (χ4v) is 1.93. The Morgan fingerprint density at radius 3 is 3.06 bits per heavy atom. The predicted octanol–water partition coefficient (Wildman–Crippen LogP) is 0.563. The number of hydrogen-bond acceptors (Lipinski definition) is 3. The lowest BCUT2D eigenvalue weighted by Gasteiger charge is -2.22. The summed E-state index contributed by atoms with van der Waals surface area (Å²) in [4.78, 5) is 11.7. The van der Waals surface area contributed by atoms with Gasteiger partial charge in [-0.1, -0.05) is 6.42 Å². The Morgan fingerprint density at radius 1 is 1.53 bits per heavy atom. The molecule has 2 N–H and O–H groups in total. The number of nitrogens with one attached hydrogen (secondary N) is 2. The van der Waals surface area contributed by atoms with Crippen LogP contribution in [0.5, 0.6) is 0 Å². The summed E-state index contributed by atoms with van der Waals surface area (Å²) in [6.45, 7) is 2.32. The summed E-state index contributed by atoms with van der Waals surface area (Å²) < 4.78 is 1.81. The number of piperidine rings is 1. The highest BCUT2D eigenvalue weighted by molar-refractivity contribution is 5.85. The topological polar surface area (TPSA) is 59.0 Å². The van der Waals surface area contributed by atoms with E-state index in [-0.39, 0.29) is 24.4 Å². The molecule has 1 amide bonds. The average molecular weight is 259 g/mol. The van der Waals surface area contributed by atoms with Gasteiger partial charge in [0.1, 0.15) is 0 Å². The van der Waals surface area contributed by atoms with Crippen LogP contribution >= 0.6 is 12.4 Å². The number of amides is 1. The second kappa shape index (κ2) is 7.29. The van der Waals surface area contributed by atoms with Crippen molar-refractivity contribution < 1.29 is 4.79 Å². The van der Waals surface area contributed by atoms with Crippen LogP contribution in [0.15, 0.2) is 18.5 Å². The minimum atomic E-state index is 0. The van der Waals surface area contributed by atoms with Gasteiger partial charge >= 0.3 is 0 Å². The zero-order chi connectivity index (χ0) is 11.2. The van der Waals surface area contributed by atoms with Gasteiger partial charge < -0.3 is 10.6 Å². The highest BCUT2D eigenvalue weighted by atomic mass is 35.5. The summed E-state index contributed by atoms with van der Waals surface area (Å²) >= 11 is 0. The summed E-state index contributed by atoms with van der Waals surface area (Å²) in [5, 5.41) is 10.2. The number of carbonyl (C=O) groups excluding carboxylic acids is 1. The van der Waals surface area contributed by atoms with Gasteiger partial charge in [-0.05, 0) is 25.5 Å². The van der Waals surface area contributed by atoms with Gasteiger partial charge in [0.05, 0.1) is 12.6 Å². The fourth-order valence-electron chi connectivity index (χ4n) is 1.93. The number of halogens is 1. The van der Waals surface area contributed by atoms with E-state index in [1.807, 2.05) is 16.9 Å². The molecule has 1 aliphatic heterocycles. The van der Waals surface area contributed by atoms with Crippen LogP contribution in [-0.2, 0) is 11.3 Å². The first kappa shape index (κ1) is 14.0. The Kier molecular flexibility index (Phi) is 6.00. The Morgan fingerprint density at radius 2 is 2.41 bits per heavy atom. The van der Waals surface area contributed by atoms with Crippen molar-refractivity contribution in [1.82, 2.24) is 20.4 Å². The molecule has 1 aliphatic rings. The molecule has 0 radical (unpaired) electrons. The van der Waals surface area contributed by atoms with Gasteiger partial charge in [0.2, 0.25) is 5.91 Å². The maximum absolute atomic E-state index is 11.7. The number of aromatic nitrogens is 2. The predicted molar refractivity (Wildman–Crippen MR) is 68.1 cm³/mol. The van der Waals surface area contributed by atoms with Crippen molar-refractivity contribution in [3.8, 4) is 0 Å². The van der Waals surface area contributed by atoms with E-state index in [0.717, 1.165) is 25.9 Å². The van der Waals surface area contributed by atoms with Gasteiger partial charge in [-0.2, -0.15) is 5.10 Å². The van der Waals surface area contributed by atoms with Crippen LogP contribution < -0.4 is 10.6 Å². The first-order valence-electron chi connectivity index (χ1n) is 5.85. The van der Waals surface area contributed by atoms with Crippen molar-refractivity contribution >= 4 is 18.3 Å². The van der Waals surface area contributed by atoms with E-state index in [1.54, 1.807) is 6.20 Å². The molecule has 0 aromatic carbocycles. The maximum Gasteiger partial charge on any atom is 0.237 e. The van der Waals surface area contributed by atoms with Gasteiger partial charge in [0.15, 0.2) is 0 Å². The van der Waals surface area contributed by atoms with Gasteiger partial charge in [0.25, 0.3) is 0 Å². The van der Waals surface area contributed by atoms with Gasteiger partial charge in [-0.25, -0.2) is 0 Å². The SMILES string of the molecule is Cl.O=C(NCCn1cccn1)C1CCCCN1. The molecule has 0 aliphatic carbocycles. The van der Waals surface area contributed by atoms with Crippen LogP contribution in [0.4, 0.5) is 0 Å². The lowest BCUT2D eigenvalue weighted by molar-refractivity contribution is -0.123. The Labute approximate surface area is 107 Å². The molecule has 96 valence electrons. The fraction of sp³-hybridized carbons (Fsp3) is 0.636. The molecule has 1 fully saturated rings. The van der Waals surface area contributed by atoms with Crippen LogP contribution in [0.2, 0.25) is 0 Å². The van der Waals surface area contributed by atoms with Crippen molar-refractivity contribution in [1.29, 1.82) is 0 Å². The molecule has 1 saturated heterocycles. The van der Waals surface area contributed by atoms with E-state index in [4.69, 9.17) is 0 Å². The van der Waals surface area contributed by atoms with E-state index in [1.165, 1.54) is 6.42 Å². The molecule has 0 bridgehead atoms. The Hall–Kier alpha value is -1.07. The zero-order valence-electron chi connectivity index (χ0n) is 9.76. The normalized spacial score (nSPS) is 19.4. The highest BCUT2D eigenvalue weighted by Crippen LogP contribution is 2.06. The molecule has 0 saturated carbocycles. The summed E-state index contributed by atoms with van der Waals surface area (Å²) in [6.07, 6.45) is 6.91. The third-order valence-corrected chi connectivity index (χ3v) is 2.83. The minimum absolute atomic E-state index is 0.